The highest BCUT2D eigenvalue weighted by Gasteiger charge is 2.32. The molecular formula is C21H20N4O7S. The third-order valence-corrected chi connectivity index (χ3v) is 5.57. The van der Waals surface area contributed by atoms with Gasteiger partial charge in [0.1, 0.15) is 11.9 Å². The van der Waals surface area contributed by atoms with Crippen LogP contribution in [-0.4, -0.2) is 45.6 Å². The molecule has 1 amide bonds. The number of carbonyl (C=O) groups is 2. The average molecular weight is 472 g/mol. The zero-order valence-electron chi connectivity index (χ0n) is 17.7. The molecule has 1 saturated heterocycles. The zero-order valence-corrected chi connectivity index (χ0v) is 18.5. The second-order valence-corrected chi connectivity index (χ2v) is 8.12. The van der Waals surface area contributed by atoms with E-state index in [0.29, 0.717) is 22.6 Å². The first-order valence-corrected chi connectivity index (χ1v) is 10.5. The maximum atomic E-state index is 11.7. The van der Waals surface area contributed by atoms with E-state index in [-0.39, 0.29) is 23.9 Å². The van der Waals surface area contributed by atoms with Crippen LogP contribution in [0.1, 0.15) is 23.1 Å². The molecule has 3 rings (SSSR count). The van der Waals surface area contributed by atoms with Gasteiger partial charge in [-0.3, -0.25) is 19.7 Å². The van der Waals surface area contributed by atoms with E-state index in [1.54, 1.807) is 37.3 Å². The predicted octanol–water partition coefficient (Wildman–Crippen LogP) is 2.89. The minimum atomic E-state index is -1.07. The molecule has 172 valence electrons. The summed E-state index contributed by atoms with van der Waals surface area (Å²) in [6, 6.07) is 9.91. The minimum absolute atomic E-state index is 0.0114. The molecule has 2 aromatic carbocycles. The van der Waals surface area contributed by atoms with Crippen LogP contribution in [0.3, 0.4) is 0 Å². The van der Waals surface area contributed by atoms with Crippen LogP contribution in [0.25, 0.3) is 0 Å². The smallest absolute Gasteiger partial charge is 0.305 e. The van der Waals surface area contributed by atoms with Crippen molar-refractivity contribution in [2.75, 3.05) is 7.11 Å². The van der Waals surface area contributed by atoms with E-state index in [4.69, 9.17) is 14.6 Å². The van der Waals surface area contributed by atoms with Gasteiger partial charge in [0.15, 0.2) is 16.7 Å². The summed E-state index contributed by atoms with van der Waals surface area (Å²) < 4.78 is 11.1. The molecule has 0 aromatic heterocycles. The number of nitro benzene ring substituents is 1. The van der Waals surface area contributed by atoms with Gasteiger partial charge < -0.3 is 19.9 Å². The lowest BCUT2D eigenvalue weighted by Crippen LogP contribution is -2.26. The Kier molecular flexibility index (Phi) is 7.61. The van der Waals surface area contributed by atoms with Gasteiger partial charge >= 0.3 is 5.97 Å². The van der Waals surface area contributed by atoms with Crippen molar-refractivity contribution in [3.05, 3.63) is 63.2 Å². The lowest BCUT2D eigenvalue weighted by Gasteiger charge is -2.11. The van der Waals surface area contributed by atoms with Crippen molar-refractivity contribution in [1.82, 2.24) is 5.32 Å². The number of carboxylic acid groups (broad SMARTS) is 1. The third-order valence-electron chi connectivity index (χ3n) is 4.50. The first-order chi connectivity index (χ1) is 15.8. The number of thioether (sulfide) groups is 1. The number of aryl methyl sites for hydroxylation is 1. The molecule has 0 saturated carbocycles. The van der Waals surface area contributed by atoms with Crippen LogP contribution in [0.2, 0.25) is 0 Å². The number of carboxylic acids is 1. The van der Waals surface area contributed by atoms with Crippen LogP contribution in [0.15, 0.2) is 46.6 Å². The summed E-state index contributed by atoms with van der Waals surface area (Å²) in [7, 11) is 1.46. The fourth-order valence-corrected chi connectivity index (χ4v) is 3.81. The van der Waals surface area contributed by atoms with Gasteiger partial charge in [0.25, 0.3) is 5.69 Å². The molecule has 0 aliphatic carbocycles. The van der Waals surface area contributed by atoms with E-state index in [9.17, 15) is 19.7 Å². The van der Waals surface area contributed by atoms with Crippen LogP contribution in [-0.2, 0) is 16.2 Å². The maximum Gasteiger partial charge on any atom is 0.305 e. The lowest BCUT2D eigenvalue weighted by atomic mass is 10.1. The maximum absolute atomic E-state index is 11.7. The van der Waals surface area contributed by atoms with Crippen LogP contribution in [0.5, 0.6) is 11.5 Å². The monoisotopic (exact) mass is 472 g/mol. The van der Waals surface area contributed by atoms with E-state index >= 15 is 0 Å². The lowest BCUT2D eigenvalue weighted by molar-refractivity contribution is -0.385. The molecular weight excluding hydrogens is 452 g/mol. The molecule has 33 heavy (non-hydrogen) atoms. The molecule has 1 aliphatic heterocycles. The van der Waals surface area contributed by atoms with E-state index in [1.807, 2.05) is 0 Å². The molecule has 0 radical (unpaired) electrons. The summed E-state index contributed by atoms with van der Waals surface area (Å²) >= 11 is 1.00. The van der Waals surface area contributed by atoms with Crippen molar-refractivity contribution in [2.45, 2.75) is 25.2 Å². The quantitative estimate of drug-likeness (QED) is 0.321. The van der Waals surface area contributed by atoms with Crippen LogP contribution in [0.4, 0.5) is 5.69 Å². The molecule has 12 heteroatoms. The topological polar surface area (TPSA) is 153 Å². The summed E-state index contributed by atoms with van der Waals surface area (Å²) in [6.07, 6.45) is 1.13. The molecule has 2 aromatic rings. The molecule has 1 heterocycles. The number of amidine groups is 1. The normalized spacial score (nSPS) is 16.7. The molecule has 1 atom stereocenters. The van der Waals surface area contributed by atoms with Gasteiger partial charge in [-0.05, 0) is 42.3 Å². The number of hydrogen-bond acceptors (Lipinski definition) is 9. The highest BCUT2D eigenvalue weighted by Crippen LogP contribution is 2.30. The van der Waals surface area contributed by atoms with Gasteiger partial charge in [-0.15, -0.1) is 5.10 Å². The fraction of sp³-hybridized carbons (Fsp3) is 0.238. The fourth-order valence-electron chi connectivity index (χ4n) is 2.90. The summed E-state index contributed by atoms with van der Waals surface area (Å²) in [5.74, 6) is -0.704. The van der Waals surface area contributed by atoms with Crippen molar-refractivity contribution in [2.24, 2.45) is 10.2 Å². The Morgan fingerprint density at radius 1 is 1.30 bits per heavy atom. The molecule has 2 N–H and O–H groups in total. The van der Waals surface area contributed by atoms with Crippen molar-refractivity contribution >= 4 is 40.7 Å². The number of nitrogens with zero attached hydrogens (tertiary/aromatic N) is 3. The summed E-state index contributed by atoms with van der Waals surface area (Å²) in [5, 5.41) is 29.9. The SMILES string of the molecule is COc1cc(C=NN=C2NC(=O)C(CC(=O)O)S2)ccc1OCc1ccc(C)cc1[N+](=O)[O-]. The number of rotatable bonds is 9. The number of hydrogen-bond donors (Lipinski definition) is 2. The number of ether oxygens (including phenoxy) is 2. The Morgan fingerprint density at radius 3 is 2.79 bits per heavy atom. The van der Waals surface area contributed by atoms with E-state index in [0.717, 1.165) is 17.3 Å². The number of carbonyl (C=O) groups excluding carboxylic acids is 1. The first-order valence-electron chi connectivity index (χ1n) is 9.62. The Labute approximate surface area is 192 Å². The minimum Gasteiger partial charge on any atom is -0.493 e. The second-order valence-electron chi connectivity index (χ2n) is 6.93. The van der Waals surface area contributed by atoms with Crippen LogP contribution in [0, 0.1) is 17.0 Å². The average Bonchev–Trinajstić information content (AvgIpc) is 3.11. The summed E-state index contributed by atoms with van der Waals surface area (Å²) in [4.78, 5) is 33.3. The number of methoxy groups -OCH3 is 1. The van der Waals surface area contributed by atoms with Crippen LogP contribution < -0.4 is 14.8 Å². The summed E-state index contributed by atoms with van der Waals surface area (Å²) in [6.45, 7) is 1.77. The first kappa shape index (κ1) is 23.7. The van der Waals surface area contributed by atoms with Gasteiger partial charge in [-0.25, -0.2) is 0 Å². The molecule has 1 fully saturated rings. The van der Waals surface area contributed by atoms with E-state index < -0.39 is 22.0 Å². The van der Waals surface area contributed by atoms with Crippen molar-refractivity contribution in [3.8, 4) is 11.5 Å². The van der Waals surface area contributed by atoms with Crippen molar-refractivity contribution in [3.63, 3.8) is 0 Å². The summed E-state index contributed by atoms with van der Waals surface area (Å²) in [5.41, 5.74) is 1.83. The number of benzene rings is 2. The molecule has 0 spiro atoms. The van der Waals surface area contributed by atoms with Gasteiger partial charge in [0, 0.05) is 6.07 Å². The largest absolute Gasteiger partial charge is 0.493 e. The molecule has 11 nitrogen and oxygen atoms in total. The van der Waals surface area contributed by atoms with Gasteiger partial charge in [0.2, 0.25) is 5.91 Å². The Hall–Kier alpha value is -3.93. The van der Waals surface area contributed by atoms with E-state index in [1.165, 1.54) is 19.4 Å². The highest BCUT2D eigenvalue weighted by molar-refractivity contribution is 8.15. The number of nitro groups is 1. The van der Waals surface area contributed by atoms with Gasteiger partial charge in [0.05, 0.1) is 30.2 Å². The van der Waals surface area contributed by atoms with Crippen molar-refractivity contribution < 1.29 is 29.1 Å². The van der Waals surface area contributed by atoms with Crippen LogP contribution >= 0.6 is 11.8 Å². The third kappa shape index (κ3) is 6.29. The Morgan fingerprint density at radius 2 is 2.09 bits per heavy atom. The number of aliphatic carboxylic acids is 1. The second kappa shape index (κ2) is 10.6. The molecule has 1 unspecified atom stereocenters. The standard InChI is InChI=1S/C21H20N4O7S/c1-12-3-5-14(15(7-12)25(29)30)11-32-16-6-4-13(8-17(16)31-2)10-22-24-21-23-20(28)18(33-21)9-19(26)27/h3-8,10,18H,9,11H2,1-2H3,(H,26,27)(H,23,24,28). The van der Waals surface area contributed by atoms with E-state index in [2.05, 4.69) is 15.5 Å². The molecule has 0 bridgehead atoms. The van der Waals surface area contributed by atoms with Crippen molar-refractivity contribution in [1.29, 1.82) is 0 Å². The highest BCUT2D eigenvalue weighted by atomic mass is 32.2. The predicted molar refractivity (Wildman–Crippen MR) is 122 cm³/mol. The Balaban J connectivity index is 1.67. The van der Waals surface area contributed by atoms with Gasteiger partial charge in [-0.2, -0.15) is 5.10 Å². The van der Waals surface area contributed by atoms with Gasteiger partial charge in [-0.1, -0.05) is 17.8 Å². The zero-order chi connectivity index (χ0) is 24.0. The Bertz CT molecular complexity index is 1150. The number of nitrogens with one attached hydrogen (secondary N) is 1. The molecule has 1 aliphatic rings. The number of amides is 1.